The van der Waals surface area contributed by atoms with E-state index in [2.05, 4.69) is 9.98 Å². The Bertz CT molecular complexity index is 412. The second-order valence-electron chi connectivity index (χ2n) is 2.58. The Labute approximate surface area is 80.0 Å². The maximum Gasteiger partial charge on any atom is 0.240 e. The summed E-state index contributed by atoms with van der Waals surface area (Å²) in [6.07, 6.45) is 2.74. The highest BCUT2D eigenvalue weighted by atomic mass is 16.1. The summed E-state index contributed by atoms with van der Waals surface area (Å²) in [7, 11) is 0. The summed E-state index contributed by atoms with van der Waals surface area (Å²) in [5.74, 6) is 0. The topological polar surface area (TPSA) is 84.9 Å². The Morgan fingerprint density at radius 2 is 1.71 bits per heavy atom. The van der Waals surface area contributed by atoms with Crippen LogP contribution in [0.4, 0.5) is 17.1 Å². The van der Waals surface area contributed by atoms with E-state index in [0.29, 0.717) is 5.56 Å². The number of isocyanates is 2. The number of nitrogen functional groups attached to an aromatic ring is 1. The van der Waals surface area contributed by atoms with Crippen molar-refractivity contribution in [1.82, 2.24) is 0 Å². The van der Waals surface area contributed by atoms with Crippen molar-refractivity contribution < 1.29 is 9.59 Å². The first-order chi connectivity index (χ1) is 6.70. The molecule has 1 aromatic rings. The van der Waals surface area contributed by atoms with E-state index < -0.39 is 0 Å². The highest BCUT2D eigenvalue weighted by Crippen LogP contribution is 2.36. The molecule has 0 aliphatic carbocycles. The molecule has 14 heavy (non-hydrogen) atoms. The zero-order valence-corrected chi connectivity index (χ0v) is 7.44. The van der Waals surface area contributed by atoms with Crippen LogP contribution in [0, 0.1) is 6.92 Å². The smallest absolute Gasteiger partial charge is 0.240 e. The molecule has 0 heterocycles. The molecule has 5 heteroatoms. The second-order valence-corrected chi connectivity index (χ2v) is 2.58. The largest absolute Gasteiger partial charge is 0.397 e. The molecule has 2 N–H and O–H groups in total. The normalized spacial score (nSPS) is 8.64. The van der Waals surface area contributed by atoms with Gasteiger partial charge in [0.05, 0.1) is 5.69 Å². The lowest BCUT2D eigenvalue weighted by Gasteiger charge is -2.03. The van der Waals surface area contributed by atoms with Gasteiger partial charge in [-0.25, -0.2) is 9.59 Å². The van der Waals surface area contributed by atoms with Gasteiger partial charge in [-0.15, -0.1) is 0 Å². The molecular weight excluding hydrogens is 182 g/mol. The van der Waals surface area contributed by atoms with Gasteiger partial charge in [-0.2, -0.15) is 9.98 Å². The van der Waals surface area contributed by atoms with Gasteiger partial charge in [0.15, 0.2) is 0 Å². The van der Waals surface area contributed by atoms with Gasteiger partial charge in [0.25, 0.3) is 0 Å². The number of hydrogen-bond acceptors (Lipinski definition) is 5. The van der Waals surface area contributed by atoms with Crippen LogP contribution in [0.25, 0.3) is 0 Å². The third-order valence-electron chi connectivity index (χ3n) is 1.70. The predicted molar refractivity (Wildman–Crippen MR) is 51.2 cm³/mol. The molecule has 0 radical (unpaired) electrons. The van der Waals surface area contributed by atoms with Crippen LogP contribution in [0.5, 0.6) is 0 Å². The molecule has 0 atom stereocenters. The van der Waals surface area contributed by atoms with Crippen molar-refractivity contribution in [3.63, 3.8) is 0 Å². The molecule has 0 aliphatic heterocycles. The minimum absolute atomic E-state index is 0.156. The van der Waals surface area contributed by atoms with E-state index in [4.69, 9.17) is 5.73 Å². The number of benzene rings is 1. The summed E-state index contributed by atoms with van der Waals surface area (Å²) < 4.78 is 0. The average Bonchev–Trinajstić information content (AvgIpc) is 2.17. The van der Waals surface area contributed by atoms with Gasteiger partial charge in [0.2, 0.25) is 12.2 Å². The maximum atomic E-state index is 10.1. The zero-order valence-electron chi connectivity index (χ0n) is 7.44. The summed E-state index contributed by atoms with van der Waals surface area (Å²) in [5, 5.41) is 0. The Hall–Kier alpha value is -2.22. The van der Waals surface area contributed by atoms with Crippen molar-refractivity contribution in [3.8, 4) is 0 Å². The molecule has 1 rings (SSSR count). The molecule has 0 unspecified atom stereocenters. The summed E-state index contributed by atoms with van der Waals surface area (Å²) in [5.41, 5.74) is 6.92. The van der Waals surface area contributed by atoms with Gasteiger partial charge in [0.1, 0.15) is 11.4 Å². The quantitative estimate of drug-likeness (QED) is 0.434. The molecule has 0 aliphatic rings. The van der Waals surface area contributed by atoms with E-state index in [1.165, 1.54) is 12.2 Å². The zero-order chi connectivity index (χ0) is 10.6. The molecule has 0 saturated carbocycles. The minimum Gasteiger partial charge on any atom is -0.397 e. The van der Waals surface area contributed by atoms with E-state index in [1.54, 1.807) is 19.1 Å². The second kappa shape index (κ2) is 4.14. The van der Waals surface area contributed by atoms with Gasteiger partial charge in [-0.3, -0.25) is 0 Å². The molecule has 70 valence electrons. The van der Waals surface area contributed by atoms with Crippen molar-refractivity contribution in [1.29, 1.82) is 0 Å². The van der Waals surface area contributed by atoms with E-state index in [1.807, 2.05) is 0 Å². The molecule has 0 bridgehead atoms. The van der Waals surface area contributed by atoms with Crippen LogP contribution in [0.2, 0.25) is 0 Å². The number of aliphatic imine (C=N–C) groups is 2. The predicted octanol–water partition coefficient (Wildman–Crippen LogP) is 1.51. The van der Waals surface area contributed by atoms with Crippen molar-refractivity contribution >= 4 is 29.2 Å². The van der Waals surface area contributed by atoms with E-state index >= 15 is 0 Å². The molecule has 0 aromatic heterocycles. The van der Waals surface area contributed by atoms with Crippen LogP contribution in [-0.2, 0) is 9.59 Å². The van der Waals surface area contributed by atoms with Gasteiger partial charge in [0, 0.05) is 0 Å². The number of nitrogens with zero attached hydrogens (tertiary/aromatic N) is 2. The molecule has 0 fully saturated rings. The number of hydrogen-bond donors (Lipinski definition) is 1. The van der Waals surface area contributed by atoms with Gasteiger partial charge in [-0.05, 0) is 18.6 Å². The lowest BCUT2D eigenvalue weighted by atomic mass is 10.1. The van der Waals surface area contributed by atoms with Gasteiger partial charge in [-0.1, -0.05) is 6.07 Å². The van der Waals surface area contributed by atoms with Crippen LogP contribution >= 0.6 is 0 Å². The van der Waals surface area contributed by atoms with Gasteiger partial charge >= 0.3 is 0 Å². The Morgan fingerprint density at radius 3 is 2.29 bits per heavy atom. The number of anilines is 1. The molecule has 5 nitrogen and oxygen atoms in total. The third kappa shape index (κ3) is 1.75. The molecule has 0 spiro atoms. The highest BCUT2D eigenvalue weighted by molar-refractivity contribution is 5.81. The van der Waals surface area contributed by atoms with Crippen LogP contribution in [0.15, 0.2) is 22.1 Å². The fourth-order valence-corrected chi connectivity index (χ4v) is 1.05. The lowest BCUT2D eigenvalue weighted by Crippen LogP contribution is -1.87. The molecular formula is C9H7N3O2. The number of aryl methyl sites for hydroxylation is 1. The van der Waals surface area contributed by atoms with E-state index in [9.17, 15) is 9.59 Å². The molecule has 1 aromatic carbocycles. The Morgan fingerprint density at radius 1 is 1.14 bits per heavy atom. The molecule has 0 amide bonds. The van der Waals surface area contributed by atoms with E-state index in [-0.39, 0.29) is 17.1 Å². The van der Waals surface area contributed by atoms with Crippen LogP contribution < -0.4 is 5.73 Å². The number of rotatable bonds is 2. The van der Waals surface area contributed by atoms with Gasteiger partial charge < -0.3 is 5.73 Å². The summed E-state index contributed by atoms with van der Waals surface area (Å²) in [4.78, 5) is 27.0. The summed E-state index contributed by atoms with van der Waals surface area (Å²) >= 11 is 0. The van der Waals surface area contributed by atoms with E-state index in [0.717, 1.165) is 0 Å². The summed E-state index contributed by atoms with van der Waals surface area (Å²) in [6, 6.07) is 3.25. The SMILES string of the molecule is Cc1ccc(N)c(N=C=O)c1N=C=O. The maximum absolute atomic E-state index is 10.1. The fourth-order valence-electron chi connectivity index (χ4n) is 1.05. The Balaban J connectivity index is 3.56. The van der Waals surface area contributed by atoms with Crippen molar-refractivity contribution in [2.24, 2.45) is 9.98 Å². The van der Waals surface area contributed by atoms with Crippen LogP contribution in [0.1, 0.15) is 5.56 Å². The van der Waals surface area contributed by atoms with Crippen molar-refractivity contribution in [3.05, 3.63) is 17.7 Å². The number of nitrogens with two attached hydrogens (primary N) is 1. The average molecular weight is 189 g/mol. The van der Waals surface area contributed by atoms with Crippen LogP contribution in [0.3, 0.4) is 0 Å². The first-order valence-electron chi connectivity index (χ1n) is 3.75. The van der Waals surface area contributed by atoms with Crippen molar-refractivity contribution in [2.75, 3.05) is 5.73 Å². The highest BCUT2D eigenvalue weighted by Gasteiger charge is 2.07. The molecule has 0 saturated heterocycles. The third-order valence-corrected chi connectivity index (χ3v) is 1.70. The lowest BCUT2D eigenvalue weighted by molar-refractivity contribution is 0.564. The standard InChI is InChI=1S/C9H7N3O2/c1-6-2-3-7(10)9(12-5-14)8(6)11-4-13/h2-3H,10H2,1H3. The fraction of sp³-hybridized carbons (Fsp3) is 0.111. The first-order valence-corrected chi connectivity index (χ1v) is 3.75. The Kier molecular flexibility index (Phi) is 2.92. The minimum atomic E-state index is 0.156. The monoisotopic (exact) mass is 189 g/mol. The van der Waals surface area contributed by atoms with Crippen LogP contribution in [-0.4, -0.2) is 12.2 Å². The first kappa shape index (κ1) is 9.86. The number of carbonyl (C=O) groups excluding carboxylic acids is 2. The summed E-state index contributed by atoms with van der Waals surface area (Å²) in [6.45, 7) is 1.72. The van der Waals surface area contributed by atoms with Crippen molar-refractivity contribution in [2.45, 2.75) is 6.92 Å².